The molecule has 0 amide bonds. The van der Waals surface area contributed by atoms with Crippen LogP contribution in [0.4, 0.5) is 0 Å². The summed E-state index contributed by atoms with van der Waals surface area (Å²) in [5, 5.41) is 20.2. The van der Waals surface area contributed by atoms with E-state index in [0.717, 1.165) is 56.7 Å². The summed E-state index contributed by atoms with van der Waals surface area (Å²) in [6, 6.07) is 16.1. The Bertz CT molecular complexity index is 1050. The molecule has 5 rings (SSSR count). The summed E-state index contributed by atoms with van der Waals surface area (Å²) in [6.07, 6.45) is 8.69. The van der Waals surface area contributed by atoms with E-state index in [4.69, 9.17) is 0 Å². The molecule has 1 saturated heterocycles. The van der Waals surface area contributed by atoms with Gasteiger partial charge < -0.3 is 10.2 Å². The zero-order chi connectivity index (χ0) is 25.3. The molecule has 2 fully saturated rings. The number of fused-ring (bicyclic) bond motifs is 4. The van der Waals surface area contributed by atoms with Gasteiger partial charge in [0.1, 0.15) is 11.8 Å². The lowest BCUT2D eigenvalue weighted by molar-refractivity contribution is -0.142. The third-order valence-electron chi connectivity index (χ3n) is 9.48. The molecule has 5 heteroatoms. The number of benzene rings is 2. The number of piperidine rings is 1. The average molecular weight is 491 g/mol. The second kappa shape index (κ2) is 10.5. The summed E-state index contributed by atoms with van der Waals surface area (Å²) in [5.74, 6) is 1.08. The third-order valence-corrected chi connectivity index (χ3v) is 9.48. The fourth-order valence-corrected chi connectivity index (χ4v) is 7.11. The number of nitrogens with zero attached hydrogens (tertiary/aromatic N) is 2. The normalized spacial score (nSPS) is 26.5. The van der Waals surface area contributed by atoms with Crippen molar-refractivity contribution in [1.29, 1.82) is 0 Å². The monoisotopic (exact) mass is 490 g/mol. The van der Waals surface area contributed by atoms with Gasteiger partial charge in [-0.05, 0) is 106 Å². The number of carbonyl (C=O) groups is 1. The minimum absolute atomic E-state index is 0.103. The zero-order valence-electron chi connectivity index (χ0n) is 21.9. The fourth-order valence-electron chi connectivity index (χ4n) is 7.11. The molecule has 1 unspecified atom stereocenters. The highest BCUT2D eigenvalue weighted by Gasteiger charge is 2.51. The van der Waals surface area contributed by atoms with Crippen molar-refractivity contribution in [2.45, 2.75) is 75.8 Å². The number of aromatic hydroxyl groups is 1. The highest BCUT2D eigenvalue weighted by Crippen LogP contribution is 2.52. The Morgan fingerprint density at radius 1 is 1.17 bits per heavy atom. The van der Waals surface area contributed by atoms with E-state index >= 15 is 0 Å². The number of phenols is 1. The van der Waals surface area contributed by atoms with E-state index in [1.807, 2.05) is 54.4 Å². The van der Waals surface area contributed by atoms with Crippen LogP contribution in [0.2, 0.25) is 0 Å². The molecule has 0 aromatic heterocycles. The molecule has 5 nitrogen and oxygen atoms in total. The molecule has 3 aliphatic rings. The standard InChI is InChI=1S/C31H42N2O3/c1-22-28-19-25-12-13-26(34)20-27(25)31(22,15-17-33(28)21-24-10-11-24)14-6-7-16-32(2)29(30(35)36)18-23-8-4-3-5-9-23/h3-5,8-9,12-13,20,22,24,28-29,34H,6-7,10-11,14-19,21H2,1-2H3,(H,35,36)/t22-,28+,29?,31+/m0/s1. The molecule has 2 bridgehead atoms. The number of carboxylic acid groups (broad SMARTS) is 1. The van der Waals surface area contributed by atoms with Gasteiger partial charge in [-0.2, -0.15) is 0 Å². The Labute approximate surface area is 216 Å². The average Bonchev–Trinajstić information content (AvgIpc) is 3.68. The Morgan fingerprint density at radius 3 is 2.67 bits per heavy atom. The minimum atomic E-state index is -0.754. The number of hydrogen-bond acceptors (Lipinski definition) is 4. The van der Waals surface area contributed by atoms with Gasteiger partial charge >= 0.3 is 5.97 Å². The van der Waals surface area contributed by atoms with Gasteiger partial charge in [0.2, 0.25) is 0 Å². The first-order chi connectivity index (χ1) is 17.4. The van der Waals surface area contributed by atoms with Crippen LogP contribution in [0.5, 0.6) is 5.75 Å². The van der Waals surface area contributed by atoms with E-state index in [1.165, 1.54) is 30.5 Å². The maximum atomic E-state index is 12.0. The molecule has 194 valence electrons. The van der Waals surface area contributed by atoms with Gasteiger partial charge in [-0.3, -0.25) is 14.6 Å². The molecule has 2 aromatic rings. The highest BCUT2D eigenvalue weighted by molar-refractivity contribution is 5.73. The van der Waals surface area contributed by atoms with E-state index in [9.17, 15) is 15.0 Å². The molecule has 2 aromatic carbocycles. The predicted octanol–water partition coefficient (Wildman–Crippen LogP) is 5.10. The summed E-state index contributed by atoms with van der Waals surface area (Å²) in [7, 11) is 1.95. The Hall–Kier alpha value is -2.37. The molecule has 4 atom stereocenters. The number of rotatable bonds is 11. The first-order valence-electron chi connectivity index (χ1n) is 13.9. The molecule has 0 spiro atoms. The summed E-state index contributed by atoms with van der Waals surface area (Å²) in [5.41, 5.74) is 3.96. The van der Waals surface area contributed by atoms with Crippen molar-refractivity contribution < 1.29 is 15.0 Å². The zero-order valence-corrected chi connectivity index (χ0v) is 21.9. The lowest BCUT2D eigenvalue weighted by Crippen LogP contribution is -2.59. The van der Waals surface area contributed by atoms with Gasteiger partial charge in [-0.1, -0.05) is 49.7 Å². The van der Waals surface area contributed by atoms with Gasteiger partial charge in [-0.15, -0.1) is 0 Å². The second-order valence-electron chi connectivity index (χ2n) is 11.7. The van der Waals surface area contributed by atoms with Crippen molar-refractivity contribution in [1.82, 2.24) is 9.80 Å². The maximum Gasteiger partial charge on any atom is 0.321 e. The lowest BCUT2D eigenvalue weighted by Gasteiger charge is -2.56. The smallest absolute Gasteiger partial charge is 0.321 e. The topological polar surface area (TPSA) is 64.0 Å². The summed E-state index contributed by atoms with van der Waals surface area (Å²) in [4.78, 5) is 16.8. The molecule has 0 radical (unpaired) electrons. The van der Waals surface area contributed by atoms with Crippen molar-refractivity contribution in [3.05, 3.63) is 65.2 Å². The van der Waals surface area contributed by atoms with E-state index in [2.05, 4.69) is 17.9 Å². The van der Waals surface area contributed by atoms with E-state index in [-0.39, 0.29) is 5.41 Å². The number of likely N-dealkylation sites (tertiary alicyclic amines) is 1. The maximum absolute atomic E-state index is 12.0. The van der Waals surface area contributed by atoms with Crippen molar-refractivity contribution in [3.63, 3.8) is 0 Å². The van der Waals surface area contributed by atoms with Gasteiger partial charge in [0.15, 0.2) is 0 Å². The SMILES string of the molecule is C[C@H]1[C@H]2Cc3ccc(O)cc3[C@]1(CCCCN(C)C(Cc1ccccc1)C(=O)O)CCN2CC1CC1. The van der Waals surface area contributed by atoms with Crippen molar-refractivity contribution in [2.24, 2.45) is 11.8 Å². The van der Waals surface area contributed by atoms with E-state index < -0.39 is 12.0 Å². The molecular weight excluding hydrogens is 448 g/mol. The van der Waals surface area contributed by atoms with E-state index in [0.29, 0.717) is 24.1 Å². The number of likely N-dealkylation sites (N-methyl/N-ethyl adjacent to an activating group) is 1. The largest absolute Gasteiger partial charge is 0.508 e. The van der Waals surface area contributed by atoms with Crippen LogP contribution in [-0.2, 0) is 23.1 Å². The van der Waals surface area contributed by atoms with Crippen LogP contribution in [0.15, 0.2) is 48.5 Å². The summed E-state index contributed by atoms with van der Waals surface area (Å²) < 4.78 is 0. The van der Waals surface area contributed by atoms with Crippen LogP contribution in [0.1, 0.15) is 62.1 Å². The van der Waals surface area contributed by atoms with Gasteiger partial charge in [-0.25, -0.2) is 0 Å². The van der Waals surface area contributed by atoms with Crippen LogP contribution in [0, 0.1) is 11.8 Å². The quantitative estimate of drug-likeness (QED) is 0.429. The Kier molecular flexibility index (Phi) is 7.41. The van der Waals surface area contributed by atoms with Gasteiger partial charge in [0.25, 0.3) is 0 Å². The number of phenolic OH excluding ortho intramolecular Hbond substituents is 1. The molecule has 1 heterocycles. The lowest BCUT2D eigenvalue weighted by atomic mass is 9.56. The number of unbranched alkanes of at least 4 members (excludes halogenated alkanes) is 1. The fraction of sp³-hybridized carbons (Fsp3) is 0.581. The number of aliphatic carboxylic acids is 1. The summed E-state index contributed by atoms with van der Waals surface area (Å²) in [6.45, 7) is 5.63. The van der Waals surface area contributed by atoms with Crippen LogP contribution in [0.3, 0.4) is 0 Å². The summed E-state index contributed by atoms with van der Waals surface area (Å²) >= 11 is 0. The highest BCUT2D eigenvalue weighted by atomic mass is 16.4. The Balaban J connectivity index is 1.25. The number of carboxylic acids is 1. The van der Waals surface area contributed by atoms with Crippen LogP contribution < -0.4 is 0 Å². The van der Waals surface area contributed by atoms with Crippen LogP contribution in [0.25, 0.3) is 0 Å². The second-order valence-corrected chi connectivity index (χ2v) is 11.7. The van der Waals surface area contributed by atoms with Crippen molar-refractivity contribution in [3.8, 4) is 5.75 Å². The first kappa shape index (κ1) is 25.3. The minimum Gasteiger partial charge on any atom is -0.508 e. The molecule has 2 aliphatic carbocycles. The van der Waals surface area contributed by atoms with Crippen LogP contribution in [-0.4, -0.2) is 64.7 Å². The van der Waals surface area contributed by atoms with Gasteiger partial charge in [0, 0.05) is 18.0 Å². The number of hydrogen-bond donors (Lipinski definition) is 2. The predicted molar refractivity (Wildman–Crippen MR) is 143 cm³/mol. The van der Waals surface area contributed by atoms with Crippen LogP contribution >= 0.6 is 0 Å². The molecule has 2 N–H and O–H groups in total. The Morgan fingerprint density at radius 2 is 1.94 bits per heavy atom. The van der Waals surface area contributed by atoms with Gasteiger partial charge in [0.05, 0.1) is 0 Å². The third kappa shape index (κ3) is 5.19. The molecule has 1 aliphatic heterocycles. The molecular formula is C31H42N2O3. The van der Waals surface area contributed by atoms with Crippen molar-refractivity contribution in [2.75, 3.05) is 26.7 Å². The van der Waals surface area contributed by atoms with Crippen molar-refractivity contribution >= 4 is 5.97 Å². The van der Waals surface area contributed by atoms with E-state index in [1.54, 1.807) is 0 Å². The molecule has 1 saturated carbocycles. The molecule has 36 heavy (non-hydrogen) atoms. The first-order valence-corrected chi connectivity index (χ1v) is 13.9.